The van der Waals surface area contributed by atoms with E-state index in [1.54, 1.807) is 6.92 Å². The second-order valence-electron chi connectivity index (χ2n) is 6.43. The van der Waals surface area contributed by atoms with Gasteiger partial charge in [0.2, 0.25) is 11.8 Å². The van der Waals surface area contributed by atoms with Crippen molar-refractivity contribution in [3.63, 3.8) is 0 Å². The Kier molecular flexibility index (Phi) is 5.64. The van der Waals surface area contributed by atoms with Gasteiger partial charge in [0.25, 0.3) is 0 Å². The maximum Gasteiger partial charge on any atom is 0.423 e. The van der Waals surface area contributed by atoms with Crippen molar-refractivity contribution in [2.24, 2.45) is 0 Å². The first kappa shape index (κ1) is 18.5. The van der Waals surface area contributed by atoms with Gasteiger partial charge in [0.15, 0.2) is 0 Å². The van der Waals surface area contributed by atoms with Crippen LogP contribution in [0.25, 0.3) is 0 Å². The van der Waals surface area contributed by atoms with Gasteiger partial charge in [-0.25, -0.2) is 4.98 Å². The quantitative estimate of drug-likeness (QED) is 0.740. The molecule has 1 aromatic carbocycles. The Bertz CT molecular complexity index is 726. The van der Waals surface area contributed by atoms with Gasteiger partial charge in [-0.15, -0.1) is 0 Å². The summed E-state index contributed by atoms with van der Waals surface area (Å²) in [5.74, 6) is 0.216. The van der Waals surface area contributed by atoms with Crippen molar-refractivity contribution in [1.82, 2.24) is 9.97 Å². The third-order valence-electron chi connectivity index (χ3n) is 4.58. The zero-order valence-corrected chi connectivity index (χ0v) is 14.6. The molecule has 1 saturated carbocycles. The number of nitrogens with zero attached hydrogens (tertiary/aromatic N) is 2. The molecular weight excluding hydrogens is 343 g/mol. The van der Waals surface area contributed by atoms with Gasteiger partial charge < -0.3 is 10.1 Å². The van der Waals surface area contributed by atoms with Crippen LogP contribution in [0.2, 0.25) is 0 Å². The van der Waals surface area contributed by atoms with E-state index in [9.17, 15) is 13.2 Å². The lowest BCUT2D eigenvalue weighted by Crippen LogP contribution is -2.12. The molecule has 0 amide bonds. The molecular formula is C19H22F3N3O. The number of anilines is 2. The number of alkyl halides is 3. The molecule has 4 nitrogen and oxygen atoms in total. The number of aromatic nitrogens is 2. The van der Waals surface area contributed by atoms with Crippen LogP contribution in [0.3, 0.4) is 0 Å². The minimum atomic E-state index is -4.55. The zero-order valence-electron chi connectivity index (χ0n) is 14.6. The van der Waals surface area contributed by atoms with Gasteiger partial charge in [-0.1, -0.05) is 31.4 Å². The van der Waals surface area contributed by atoms with Crippen LogP contribution in [0.5, 0.6) is 5.88 Å². The second kappa shape index (κ2) is 7.93. The van der Waals surface area contributed by atoms with Crippen LogP contribution < -0.4 is 10.1 Å². The van der Waals surface area contributed by atoms with Crippen LogP contribution in [0.4, 0.5) is 24.8 Å². The van der Waals surface area contributed by atoms with Gasteiger partial charge in [0.05, 0.1) is 6.61 Å². The number of hydrogen-bond acceptors (Lipinski definition) is 4. The average Bonchev–Trinajstić information content (AvgIpc) is 2.63. The highest BCUT2D eigenvalue weighted by Gasteiger charge is 2.36. The van der Waals surface area contributed by atoms with Crippen molar-refractivity contribution < 1.29 is 17.9 Å². The average molecular weight is 365 g/mol. The molecule has 1 aromatic heterocycles. The standard InChI is InChI=1S/C19H22F3N3O/c1-2-26-17-16(19(20,21)22)12-23-18(25-17)24-15-10-8-14(9-11-15)13-6-4-3-5-7-13/h8-13H,2-7H2,1H3,(H,23,24,25). The predicted molar refractivity (Wildman–Crippen MR) is 93.8 cm³/mol. The van der Waals surface area contributed by atoms with Gasteiger partial charge in [-0.05, 0) is 43.4 Å². The van der Waals surface area contributed by atoms with E-state index < -0.39 is 17.6 Å². The fourth-order valence-corrected chi connectivity index (χ4v) is 3.27. The van der Waals surface area contributed by atoms with Crippen LogP contribution in [-0.2, 0) is 6.18 Å². The van der Waals surface area contributed by atoms with E-state index in [4.69, 9.17) is 4.74 Å². The molecule has 1 N–H and O–H groups in total. The van der Waals surface area contributed by atoms with Crippen molar-refractivity contribution in [2.75, 3.05) is 11.9 Å². The smallest absolute Gasteiger partial charge is 0.423 e. The number of nitrogens with one attached hydrogen (secondary N) is 1. The number of halogens is 3. The van der Waals surface area contributed by atoms with E-state index in [1.165, 1.54) is 37.7 Å². The normalized spacial score (nSPS) is 15.7. The lowest BCUT2D eigenvalue weighted by Gasteiger charge is -2.22. The van der Waals surface area contributed by atoms with Gasteiger partial charge in [-0.3, -0.25) is 0 Å². The Balaban J connectivity index is 1.74. The highest BCUT2D eigenvalue weighted by atomic mass is 19.4. The molecule has 0 saturated heterocycles. The maximum absolute atomic E-state index is 13.0. The van der Waals surface area contributed by atoms with Crippen molar-refractivity contribution >= 4 is 11.6 Å². The fourth-order valence-electron chi connectivity index (χ4n) is 3.27. The third-order valence-corrected chi connectivity index (χ3v) is 4.58. The number of benzene rings is 1. The van der Waals surface area contributed by atoms with E-state index in [-0.39, 0.29) is 12.6 Å². The van der Waals surface area contributed by atoms with Crippen molar-refractivity contribution in [3.05, 3.63) is 41.6 Å². The largest absolute Gasteiger partial charge is 0.477 e. The number of hydrogen-bond donors (Lipinski definition) is 1. The van der Waals surface area contributed by atoms with E-state index >= 15 is 0 Å². The van der Waals surface area contributed by atoms with E-state index in [2.05, 4.69) is 27.4 Å². The summed E-state index contributed by atoms with van der Waals surface area (Å²) in [5.41, 5.74) is 1.06. The maximum atomic E-state index is 13.0. The molecule has 0 aliphatic heterocycles. The minimum Gasteiger partial charge on any atom is -0.477 e. The molecule has 1 aliphatic rings. The summed E-state index contributed by atoms with van der Waals surface area (Å²) >= 11 is 0. The zero-order chi connectivity index (χ0) is 18.6. The summed E-state index contributed by atoms with van der Waals surface area (Å²) < 4.78 is 43.9. The fraction of sp³-hybridized carbons (Fsp3) is 0.474. The van der Waals surface area contributed by atoms with Crippen LogP contribution in [-0.4, -0.2) is 16.6 Å². The third kappa shape index (κ3) is 4.45. The van der Waals surface area contributed by atoms with Crippen LogP contribution in [0, 0.1) is 0 Å². The van der Waals surface area contributed by atoms with Crippen LogP contribution in [0.15, 0.2) is 30.5 Å². The van der Waals surface area contributed by atoms with Gasteiger partial charge in [-0.2, -0.15) is 18.2 Å². The van der Waals surface area contributed by atoms with Crippen molar-refractivity contribution in [1.29, 1.82) is 0 Å². The molecule has 26 heavy (non-hydrogen) atoms. The molecule has 1 fully saturated rings. The topological polar surface area (TPSA) is 47.0 Å². The Hall–Kier alpha value is -2.31. The minimum absolute atomic E-state index is 0.0758. The summed E-state index contributed by atoms with van der Waals surface area (Å²) in [6.07, 6.45) is 2.47. The van der Waals surface area contributed by atoms with E-state index in [0.717, 1.165) is 11.9 Å². The summed E-state index contributed by atoms with van der Waals surface area (Å²) in [6.45, 7) is 1.70. The predicted octanol–water partition coefficient (Wildman–Crippen LogP) is 5.69. The van der Waals surface area contributed by atoms with Gasteiger partial charge in [0.1, 0.15) is 5.56 Å². The first-order chi connectivity index (χ1) is 12.5. The molecule has 0 unspecified atom stereocenters. The molecule has 0 radical (unpaired) electrons. The first-order valence-electron chi connectivity index (χ1n) is 8.91. The second-order valence-corrected chi connectivity index (χ2v) is 6.43. The van der Waals surface area contributed by atoms with E-state index in [1.807, 2.05) is 12.1 Å². The number of rotatable bonds is 5. The van der Waals surface area contributed by atoms with Gasteiger partial charge in [0, 0.05) is 11.9 Å². The molecule has 140 valence electrons. The summed E-state index contributed by atoms with van der Waals surface area (Å²) in [4.78, 5) is 7.65. The first-order valence-corrected chi connectivity index (χ1v) is 8.91. The van der Waals surface area contributed by atoms with Crippen molar-refractivity contribution in [3.8, 4) is 5.88 Å². The molecule has 1 heterocycles. The highest BCUT2D eigenvalue weighted by molar-refractivity contribution is 5.54. The lowest BCUT2D eigenvalue weighted by atomic mass is 9.84. The summed E-state index contributed by atoms with van der Waals surface area (Å²) in [7, 11) is 0. The SMILES string of the molecule is CCOc1nc(Nc2ccc(C3CCCCC3)cc2)ncc1C(F)(F)F. The molecule has 7 heteroatoms. The van der Waals surface area contributed by atoms with E-state index in [0.29, 0.717) is 5.92 Å². The molecule has 0 spiro atoms. The Morgan fingerprint density at radius 3 is 2.42 bits per heavy atom. The Morgan fingerprint density at radius 1 is 1.12 bits per heavy atom. The number of ether oxygens (including phenoxy) is 1. The van der Waals surface area contributed by atoms with Crippen molar-refractivity contribution in [2.45, 2.75) is 51.1 Å². The monoisotopic (exact) mass is 365 g/mol. The molecule has 3 rings (SSSR count). The molecule has 2 aromatic rings. The highest BCUT2D eigenvalue weighted by Crippen LogP contribution is 2.36. The van der Waals surface area contributed by atoms with Crippen LogP contribution in [0.1, 0.15) is 56.1 Å². The van der Waals surface area contributed by atoms with Crippen LogP contribution >= 0.6 is 0 Å². The summed E-state index contributed by atoms with van der Waals surface area (Å²) in [6, 6.07) is 7.94. The van der Waals surface area contributed by atoms with Gasteiger partial charge >= 0.3 is 6.18 Å². The lowest BCUT2D eigenvalue weighted by molar-refractivity contribution is -0.139. The summed E-state index contributed by atoms with van der Waals surface area (Å²) in [5, 5.41) is 2.94. The Labute approximate surface area is 150 Å². The molecule has 0 atom stereocenters. The molecule has 1 aliphatic carbocycles. The molecule has 0 bridgehead atoms. The Morgan fingerprint density at radius 2 is 1.81 bits per heavy atom.